The highest BCUT2D eigenvalue weighted by Gasteiger charge is 2.61. The van der Waals surface area contributed by atoms with Crippen LogP contribution in [0.1, 0.15) is 56.1 Å². The Kier molecular flexibility index (Phi) is 11.4. The number of carbonyl (C=O) groups is 2. The SMILES string of the molecule is COc1cc(N2C3CCCC2(C(=O)C(F)F)C(=O)N(CC(CCCc2ccccc2)CCCc2ccccc2)C3)cc(OC)c1OC. The number of piperazine rings is 1. The monoisotopic (exact) mass is 648 g/mol. The Hall–Kier alpha value is -4.14. The maximum atomic E-state index is 14.6. The molecule has 2 aliphatic heterocycles. The molecule has 2 aliphatic rings. The number of anilines is 1. The first-order valence-electron chi connectivity index (χ1n) is 16.6. The molecule has 0 saturated carbocycles. The third-order valence-electron chi connectivity index (χ3n) is 9.78. The number of hydrogen-bond acceptors (Lipinski definition) is 6. The van der Waals surface area contributed by atoms with Gasteiger partial charge in [0.05, 0.1) is 21.3 Å². The van der Waals surface area contributed by atoms with Crippen molar-refractivity contribution in [2.24, 2.45) is 5.92 Å². The van der Waals surface area contributed by atoms with Gasteiger partial charge in [0, 0.05) is 37.0 Å². The predicted molar refractivity (Wildman–Crippen MR) is 179 cm³/mol. The van der Waals surface area contributed by atoms with Crippen LogP contribution < -0.4 is 19.1 Å². The van der Waals surface area contributed by atoms with Crippen molar-refractivity contribution in [3.63, 3.8) is 0 Å². The van der Waals surface area contributed by atoms with Crippen LogP contribution in [0, 0.1) is 5.92 Å². The van der Waals surface area contributed by atoms with E-state index in [2.05, 4.69) is 24.3 Å². The van der Waals surface area contributed by atoms with Crippen molar-refractivity contribution < 1.29 is 32.6 Å². The number of aryl methyl sites for hydroxylation is 2. The minimum Gasteiger partial charge on any atom is -0.493 e. The molecule has 2 bridgehead atoms. The first-order chi connectivity index (χ1) is 22.8. The van der Waals surface area contributed by atoms with E-state index in [0.717, 1.165) is 38.5 Å². The number of fused-ring (bicyclic) bond motifs is 2. The number of amides is 1. The highest BCUT2D eigenvalue weighted by molar-refractivity contribution is 6.15. The van der Waals surface area contributed by atoms with E-state index in [9.17, 15) is 18.4 Å². The molecule has 1 amide bonds. The molecule has 0 spiro atoms. The average Bonchev–Trinajstić information content (AvgIpc) is 3.10. The lowest BCUT2D eigenvalue weighted by Gasteiger charge is -2.57. The van der Waals surface area contributed by atoms with Gasteiger partial charge in [-0.05, 0) is 74.8 Å². The second-order valence-corrected chi connectivity index (χ2v) is 12.7. The van der Waals surface area contributed by atoms with Crippen molar-refractivity contribution in [1.29, 1.82) is 0 Å². The Morgan fingerprint density at radius 3 is 1.91 bits per heavy atom. The second kappa shape index (κ2) is 15.6. The van der Waals surface area contributed by atoms with Crippen molar-refractivity contribution in [3.05, 3.63) is 83.9 Å². The topological polar surface area (TPSA) is 68.3 Å². The van der Waals surface area contributed by atoms with Gasteiger partial charge in [-0.3, -0.25) is 9.59 Å². The maximum absolute atomic E-state index is 14.6. The van der Waals surface area contributed by atoms with Crippen molar-refractivity contribution in [1.82, 2.24) is 4.90 Å². The van der Waals surface area contributed by atoms with Crippen LogP contribution in [0.25, 0.3) is 0 Å². The lowest BCUT2D eigenvalue weighted by atomic mass is 9.75. The van der Waals surface area contributed by atoms with Gasteiger partial charge in [-0.15, -0.1) is 0 Å². The van der Waals surface area contributed by atoms with Crippen LogP contribution in [0.4, 0.5) is 14.5 Å². The molecule has 0 aromatic heterocycles. The van der Waals surface area contributed by atoms with Gasteiger partial charge in [0.1, 0.15) is 0 Å². The summed E-state index contributed by atoms with van der Waals surface area (Å²) in [4.78, 5) is 31.6. The van der Waals surface area contributed by atoms with Crippen molar-refractivity contribution in [3.8, 4) is 17.2 Å². The van der Waals surface area contributed by atoms with Gasteiger partial charge in [-0.2, -0.15) is 0 Å². The van der Waals surface area contributed by atoms with Crippen LogP contribution >= 0.6 is 0 Å². The number of methoxy groups -OCH3 is 3. The first kappa shape index (κ1) is 34.2. The highest BCUT2D eigenvalue weighted by Crippen LogP contribution is 2.48. The number of ketones is 1. The predicted octanol–water partition coefficient (Wildman–Crippen LogP) is 7.15. The molecule has 3 aromatic carbocycles. The van der Waals surface area contributed by atoms with Crippen LogP contribution in [0.5, 0.6) is 17.2 Å². The number of alkyl halides is 2. The van der Waals surface area contributed by atoms with Gasteiger partial charge in [0.2, 0.25) is 11.5 Å². The van der Waals surface area contributed by atoms with Crippen molar-refractivity contribution in [2.45, 2.75) is 75.8 Å². The molecule has 2 fully saturated rings. The highest BCUT2D eigenvalue weighted by atomic mass is 19.3. The number of benzene rings is 3. The van der Waals surface area contributed by atoms with Crippen LogP contribution in [-0.2, 0) is 22.4 Å². The fourth-order valence-corrected chi connectivity index (χ4v) is 7.58. The van der Waals surface area contributed by atoms with E-state index in [-0.39, 0.29) is 18.4 Å². The molecule has 0 radical (unpaired) electrons. The molecule has 47 heavy (non-hydrogen) atoms. The number of Topliss-reactive ketones (excluding diaryl/α,β-unsaturated/α-hetero) is 1. The Morgan fingerprint density at radius 1 is 0.872 bits per heavy atom. The van der Waals surface area contributed by atoms with E-state index < -0.39 is 23.7 Å². The molecule has 0 N–H and O–H groups in total. The maximum Gasteiger partial charge on any atom is 0.298 e. The molecular formula is C38H46F2N2O5. The van der Waals surface area contributed by atoms with Gasteiger partial charge in [-0.1, -0.05) is 60.7 Å². The number of halogens is 2. The van der Waals surface area contributed by atoms with E-state index in [1.807, 2.05) is 36.4 Å². The zero-order valence-corrected chi connectivity index (χ0v) is 27.6. The van der Waals surface area contributed by atoms with Gasteiger partial charge in [0.25, 0.3) is 12.3 Å². The van der Waals surface area contributed by atoms with E-state index in [1.54, 1.807) is 21.9 Å². The number of ether oxygens (including phenoxy) is 3. The molecule has 7 nitrogen and oxygen atoms in total. The summed E-state index contributed by atoms with van der Waals surface area (Å²) in [5, 5.41) is 0. The summed E-state index contributed by atoms with van der Waals surface area (Å²) in [6, 6.07) is 23.6. The summed E-state index contributed by atoms with van der Waals surface area (Å²) >= 11 is 0. The molecule has 5 rings (SSSR count). The number of hydrogen-bond donors (Lipinski definition) is 0. The Balaban J connectivity index is 1.43. The fraction of sp³-hybridized carbons (Fsp3) is 0.474. The normalized spacial score (nSPS) is 19.3. The smallest absolute Gasteiger partial charge is 0.298 e. The van der Waals surface area contributed by atoms with Crippen molar-refractivity contribution >= 4 is 17.4 Å². The van der Waals surface area contributed by atoms with Gasteiger partial charge < -0.3 is 24.0 Å². The third kappa shape index (κ3) is 7.39. The Bertz CT molecular complexity index is 1420. The minimum atomic E-state index is -3.30. The molecule has 0 aliphatic carbocycles. The average molecular weight is 649 g/mol. The van der Waals surface area contributed by atoms with E-state index >= 15 is 0 Å². The van der Waals surface area contributed by atoms with Crippen LogP contribution in [-0.4, -0.2) is 69.0 Å². The largest absolute Gasteiger partial charge is 0.493 e. The molecule has 9 heteroatoms. The number of piperidine rings is 1. The van der Waals surface area contributed by atoms with Crippen LogP contribution in [0.3, 0.4) is 0 Å². The van der Waals surface area contributed by atoms with Gasteiger partial charge >= 0.3 is 0 Å². The fourth-order valence-electron chi connectivity index (χ4n) is 7.58. The molecule has 2 unspecified atom stereocenters. The lowest BCUT2D eigenvalue weighted by molar-refractivity contribution is -0.154. The standard InChI is InChI=1S/C38H46F2N2O5/c1-45-32-23-31(24-33(46-2)34(32)47-3)42-30-21-12-22-38(42,35(43)36(39)40)37(44)41(26-30)25-29(19-10-17-27-13-6-4-7-14-27)20-11-18-28-15-8-5-9-16-28/h4-9,13-16,23-24,29-30,36H,10-12,17-22,25-26H2,1-3H3. The van der Waals surface area contributed by atoms with Crippen LogP contribution in [0.15, 0.2) is 72.8 Å². The Morgan fingerprint density at radius 2 is 1.43 bits per heavy atom. The second-order valence-electron chi connectivity index (χ2n) is 12.7. The molecule has 2 saturated heterocycles. The summed E-state index contributed by atoms with van der Waals surface area (Å²) in [6.45, 7) is 0.780. The first-order valence-corrected chi connectivity index (χ1v) is 16.6. The lowest BCUT2D eigenvalue weighted by Crippen LogP contribution is -2.76. The van der Waals surface area contributed by atoms with Gasteiger partial charge in [0.15, 0.2) is 17.0 Å². The van der Waals surface area contributed by atoms with Crippen LogP contribution in [0.2, 0.25) is 0 Å². The van der Waals surface area contributed by atoms with E-state index in [0.29, 0.717) is 48.9 Å². The molecule has 2 atom stereocenters. The summed E-state index contributed by atoms with van der Waals surface area (Å²) < 4.78 is 45.6. The van der Waals surface area contributed by atoms with Crippen molar-refractivity contribution in [2.75, 3.05) is 39.3 Å². The summed E-state index contributed by atoms with van der Waals surface area (Å²) in [6.07, 6.45) is 3.42. The minimum absolute atomic E-state index is 0.0192. The number of rotatable bonds is 16. The molecular weight excluding hydrogens is 602 g/mol. The van der Waals surface area contributed by atoms with E-state index in [4.69, 9.17) is 14.2 Å². The number of carbonyl (C=O) groups excluding carboxylic acids is 2. The number of nitrogens with zero attached hydrogens (tertiary/aromatic N) is 2. The zero-order valence-electron chi connectivity index (χ0n) is 27.6. The number of likely N-dealkylation sites (tertiary alicyclic amines) is 1. The van der Waals surface area contributed by atoms with Gasteiger partial charge in [-0.25, -0.2) is 8.78 Å². The zero-order chi connectivity index (χ0) is 33.4. The summed E-state index contributed by atoms with van der Waals surface area (Å²) in [5.74, 6) is -0.729. The quantitative estimate of drug-likeness (QED) is 0.154. The summed E-state index contributed by atoms with van der Waals surface area (Å²) in [5.41, 5.74) is 0.940. The third-order valence-corrected chi connectivity index (χ3v) is 9.78. The molecule has 252 valence electrons. The molecule has 2 heterocycles. The van der Waals surface area contributed by atoms with E-state index in [1.165, 1.54) is 32.5 Å². The molecule has 3 aromatic rings. The summed E-state index contributed by atoms with van der Waals surface area (Å²) in [7, 11) is 4.43. The Labute approximate surface area is 276 Å².